The summed E-state index contributed by atoms with van der Waals surface area (Å²) in [6.45, 7) is 5.71. The average Bonchev–Trinajstić information content (AvgIpc) is 2.87. The van der Waals surface area contributed by atoms with Crippen molar-refractivity contribution in [1.82, 2.24) is 14.0 Å². The van der Waals surface area contributed by atoms with E-state index in [4.69, 9.17) is 0 Å². The predicted octanol–water partition coefficient (Wildman–Crippen LogP) is 2.48. The van der Waals surface area contributed by atoms with Gasteiger partial charge < -0.3 is 4.98 Å². The van der Waals surface area contributed by atoms with E-state index in [1.807, 2.05) is 30.3 Å². The van der Waals surface area contributed by atoms with Gasteiger partial charge in [0.05, 0.1) is 6.54 Å². The molecule has 0 bridgehead atoms. The first-order valence-electron chi connectivity index (χ1n) is 7.75. The van der Waals surface area contributed by atoms with Crippen molar-refractivity contribution in [2.45, 2.75) is 26.8 Å². The van der Waals surface area contributed by atoms with Crippen molar-refractivity contribution in [3.8, 4) is 0 Å². The lowest BCUT2D eigenvalue weighted by Crippen LogP contribution is -2.47. The van der Waals surface area contributed by atoms with Crippen molar-refractivity contribution in [2.24, 2.45) is 11.8 Å². The molecule has 2 N–H and O–H groups in total. The van der Waals surface area contributed by atoms with Crippen LogP contribution in [0.15, 0.2) is 30.3 Å². The van der Waals surface area contributed by atoms with Crippen LogP contribution in [0.2, 0.25) is 0 Å². The molecule has 0 saturated carbocycles. The van der Waals surface area contributed by atoms with Crippen LogP contribution in [0.1, 0.15) is 26.0 Å². The molecule has 5 nitrogen and oxygen atoms in total. The molecule has 22 heavy (non-hydrogen) atoms. The van der Waals surface area contributed by atoms with Gasteiger partial charge in [-0.3, -0.25) is 0 Å². The zero-order valence-corrected chi connectivity index (χ0v) is 13.9. The quantitative estimate of drug-likeness (QED) is 0.908. The third-order valence-corrected chi connectivity index (χ3v) is 5.69. The van der Waals surface area contributed by atoms with Gasteiger partial charge in [0.2, 0.25) is 0 Å². The maximum atomic E-state index is 12.5. The van der Waals surface area contributed by atoms with E-state index in [0.717, 1.165) is 23.0 Å². The van der Waals surface area contributed by atoms with E-state index in [1.54, 1.807) is 4.31 Å². The number of hydrogen-bond acceptors (Lipinski definition) is 2. The molecule has 6 heteroatoms. The number of para-hydroxylation sites is 1. The molecule has 0 unspecified atom stereocenters. The van der Waals surface area contributed by atoms with Crippen LogP contribution in [0.4, 0.5) is 0 Å². The summed E-state index contributed by atoms with van der Waals surface area (Å²) < 4.78 is 29.2. The van der Waals surface area contributed by atoms with Gasteiger partial charge in [-0.15, -0.1) is 0 Å². The molecule has 1 aromatic carbocycles. The van der Waals surface area contributed by atoms with Crippen LogP contribution >= 0.6 is 0 Å². The number of nitrogens with one attached hydrogen (secondary N) is 2. The van der Waals surface area contributed by atoms with E-state index in [2.05, 4.69) is 23.6 Å². The Labute approximate surface area is 131 Å². The summed E-state index contributed by atoms with van der Waals surface area (Å²) >= 11 is 0. The molecule has 1 saturated heterocycles. The molecule has 120 valence electrons. The molecule has 0 radical (unpaired) electrons. The first-order valence-corrected chi connectivity index (χ1v) is 9.19. The molecule has 0 spiro atoms. The number of fused-ring (bicyclic) bond motifs is 1. The van der Waals surface area contributed by atoms with E-state index < -0.39 is 10.2 Å². The van der Waals surface area contributed by atoms with Crippen LogP contribution in [-0.2, 0) is 16.8 Å². The lowest BCUT2D eigenvalue weighted by atomic mass is 9.94. The number of rotatable bonds is 4. The van der Waals surface area contributed by atoms with Crippen molar-refractivity contribution < 1.29 is 8.42 Å². The van der Waals surface area contributed by atoms with Crippen LogP contribution < -0.4 is 4.72 Å². The highest BCUT2D eigenvalue weighted by atomic mass is 32.2. The van der Waals surface area contributed by atoms with Crippen LogP contribution in [0, 0.1) is 11.8 Å². The van der Waals surface area contributed by atoms with Gasteiger partial charge in [0.15, 0.2) is 0 Å². The summed E-state index contributed by atoms with van der Waals surface area (Å²) in [5, 5.41) is 1.09. The van der Waals surface area contributed by atoms with Crippen molar-refractivity contribution >= 4 is 21.1 Å². The van der Waals surface area contributed by atoms with Gasteiger partial charge >= 0.3 is 0 Å². The SMILES string of the molecule is C[C@@H]1C[C@@H](C)CN(S(=O)(=O)NCc2cc3ccccc3[nH]2)C1. The molecule has 1 aliphatic heterocycles. The number of H-pyrrole nitrogens is 1. The second kappa shape index (κ2) is 6.02. The second-order valence-electron chi connectivity index (χ2n) is 6.47. The van der Waals surface area contributed by atoms with Gasteiger partial charge in [0, 0.05) is 24.3 Å². The molecule has 0 amide bonds. The fourth-order valence-corrected chi connectivity index (χ4v) is 4.71. The maximum absolute atomic E-state index is 12.5. The Morgan fingerprint density at radius 2 is 1.91 bits per heavy atom. The summed E-state index contributed by atoms with van der Waals surface area (Å²) in [5.74, 6) is 0.821. The van der Waals surface area contributed by atoms with E-state index in [-0.39, 0.29) is 6.54 Å². The third kappa shape index (κ3) is 3.34. The fraction of sp³-hybridized carbons (Fsp3) is 0.500. The minimum atomic E-state index is -3.42. The Hall–Kier alpha value is -1.37. The Morgan fingerprint density at radius 1 is 1.23 bits per heavy atom. The van der Waals surface area contributed by atoms with Gasteiger partial charge in [-0.2, -0.15) is 17.4 Å². The van der Waals surface area contributed by atoms with E-state index in [1.165, 1.54) is 0 Å². The molecule has 1 aromatic heterocycles. The van der Waals surface area contributed by atoms with Crippen molar-refractivity contribution in [3.05, 3.63) is 36.0 Å². The van der Waals surface area contributed by atoms with Crippen LogP contribution in [0.3, 0.4) is 0 Å². The normalized spacial score (nSPS) is 23.9. The minimum absolute atomic E-state index is 0.288. The second-order valence-corrected chi connectivity index (χ2v) is 8.23. The maximum Gasteiger partial charge on any atom is 0.279 e. The van der Waals surface area contributed by atoms with E-state index >= 15 is 0 Å². The summed E-state index contributed by atoms with van der Waals surface area (Å²) in [7, 11) is -3.42. The summed E-state index contributed by atoms with van der Waals surface area (Å²) in [6.07, 6.45) is 1.09. The minimum Gasteiger partial charge on any atom is -0.357 e. The smallest absolute Gasteiger partial charge is 0.279 e. The largest absolute Gasteiger partial charge is 0.357 e. The summed E-state index contributed by atoms with van der Waals surface area (Å²) in [4.78, 5) is 3.24. The Kier molecular flexibility index (Phi) is 4.25. The lowest BCUT2D eigenvalue weighted by molar-refractivity contribution is 0.220. The third-order valence-electron chi connectivity index (χ3n) is 4.21. The molecule has 1 fully saturated rings. The summed E-state index contributed by atoms with van der Waals surface area (Å²) in [6, 6.07) is 9.92. The van der Waals surface area contributed by atoms with Crippen LogP contribution in [0.5, 0.6) is 0 Å². The molecule has 2 aromatic rings. The first-order chi connectivity index (χ1) is 10.4. The Bertz CT molecular complexity index is 711. The zero-order valence-electron chi connectivity index (χ0n) is 13.0. The average molecular weight is 321 g/mol. The summed E-state index contributed by atoms with van der Waals surface area (Å²) in [5.41, 5.74) is 1.90. The number of piperidine rings is 1. The molecule has 2 atom stereocenters. The Balaban J connectivity index is 1.69. The molecule has 3 rings (SSSR count). The fourth-order valence-electron chi connectivity index (χ4n) is 3.29. The number of benzene rings is 1. The number of nitrogens with zero attached hydrogens (tertiary/aromatic N) is 1. The molecular weight excluding hydrogens is 298 g/mol. The zero-order chi connectivity index (χ0) is 15.7. The number of aromatic amines is 1. The standard InChI is InChI=1S/C16H23N3O2S/c1-12-7-13(2)11-19(10-12)22(20,21)17-9-15-8-14-5-3-4-6-16(14)18-15/h3-6,8,12-13,17-18H,7,9-11H2,1-2H3/t12-,13-/m1/s1. The first kappa shape index (κ1) is 15.5. The molecule has 0 aliphatic carbocycles. The van der Waals surface area contributed by atoms with Gasteiger partial charge in [0.1, 0.15) is 0 Å². The van der Waals surface area contributed by atoms with Crippen molar-refractivity contribution in [1.29, 1.82) is 0 Å². The monoisotopic (exact) mass is 321 g/mol. The highest BCUT2D eigenvalue weighted by molar-refractivity contribution is 7.87. The van der Waals surface area contributed by atoms with Gasteiger partial charge in [-0.25, -0.2) is 0 Å². The van der Waals surface area contributed by atoms with Crippen molar-refractivity contribution in [3.63, 3.8) is 0 Å². The van der Waals surface area contributed by atoms with E-state index in [0.29, 0.717) is 24.9 Å². The van der Waals surface area contributed by atoms with E-state index in [9.17, 15) is 8.42 Å². The highest BCUT2D eigenvalue weighted by Gasteiger charge is 2.30. The van der Waals surface area contributed by atoms with Crippen LogP contribution in [-0.4, -0.2) is 30.8 Å². The van der Waals surface area contributed by atoms with Gasteiger partial charge in [-0.05, 0) is 35.8 Å². The van der Waals surface area contributed by atoms with Crippen molar-refractivity contribution in [2.75, 3.05) is 13.1 Å². The molecule has 1 aliphatic rings. The topological polar surface area (TPSA) is 65.2 Å². The lowest BCUT2D eigenvalue weighted by Gasteiger charge is -2.33. The highest BCUT2D eigenvalue weighted by Crippen LogP contribution is 2.23. The number of hydrogen-bond donors (Lipinski definition) is 2. The Morgan fingerprint density at radius 3 is 2.59 bits per heavy atom. The predicted molar refractivity (Wildman–Crippen MR) is 88.6 cm³/mol. The molecular formula is C16H23N3O2S. The molecule has 2 heterocycles. The van der Waals surface area contributed by atoms with Crippen LogP contribution in [0.25, 0.3) is 10.9 Å². The van der Waals surface area contributed by atoms with Gasteiger partial charge in [-0.1, -0.05) is 32.0 Å². The van der Waals surface area contributed by atoms with Gasteiger partial charge in [0.25, 0.3) is 10.2 Å². The number of aromatic nitrogens is 1.